The van der Waals surface area contributed by atoms with Crippen molar-refractivity contribution in [1.29, 1.82) is 5.26 Å². The van der Waals surface area contributed by atoms with Gasteiger partial charge in [-0.15, -0.1) is 11.3 Å². The Morgan fingerprint density at radius 1 is 1.35 bits per heavy atom. The average Bonchev–Trinajstić information content (AvgIpc) is 2.96. The van der Waals surface area contributed by atoms with E-state index in [-0.39, 0.29) is 12.5 Å². The molecule has 1 aromatic heterocycles. The number of carbonyl (C=O) groups excluding carboxylic acids is 1. The minimum Gasteiger partial charge on any atom is -0.315 e. The van der Waals surface area contributed by atoms with Crippen LogP contribution in [0, 0.1) is 23.0 Å². The van der Waals surface area contributed by atoms with Gasteiger partial charge in [-0.25, -0.2) is 8.78 Å². The van der Waals surface area contributed by atoms with Crippen molar-refractivity contribution in [3.63, 3.8) is 0 Å². The van der Waals surface area contributed by atoms with Gasteiger partial charge in [0.2, 0.25) is 5.91 Å². The summed E-state index contributed by atoms with van der Waals surface area (Å²) in [6.45, 7) is 1.67. The molecule has 1 amide bonds. The summed E-state index contributed by atoms with van der Waals surface area (Å²) in [5.41, 5.74) is 1.92. The van der Waals surface area contributed by atoms with E-state index in [2.05, 4.69) is 16.7 Å². The van der Waals surface area contributed by atoms with Gasteiger partial charge in [-0.2, -0.15) is 5.26 Å². The third-order valence-corrected chi connectivity index (χ3v) is 5.74. The predicted molar refractivity (Wildman–Crippen MR) is 97.1 cm³/mol. The molecule has 136 valence electrons. The van der Waals surface area contributed by atoms with Crippen molar-refractivity contribution in [3.05, 3.63) is 51.4 Å². The van der Waals surface area contributed by atoms with E-state index in [9.17, 15) is 18.8 Å². The van der Waals surface area contributed by atoms with Crippen LogP contribution in [0.1, 0.15) is 47.4 Å². The van der Waals surface area contributed by atoms with E-state index >= 15 is 0 Å². The maximum atomic E-state index is 13.8. The number of hydrogen-bond acceptors (Lipinski definition) is 4. The molecule has 1 aromatic carbocycles. The van der Waals surface area contributed by atoms with Gasteiger partial charge in [-0.3, -0.25) is 4.79 Å². The number of fused-ring (bicyclic) bond motifs is 1. The molecule has 0 saturated heterocycles. The molecule has 26 heavy (non-hydrogen) atoms. The molecule has 4 nitrogen and oxygen atoms in total. The van der Waals surface area contributed by atoms with Crippen molar-refractivity contribution in [2.75, 3.05) is 11.9 Å². The number of benzene rings is 1. The SMILES string of the molecule is C[C@@H](NCC(=O)Nc1sc2c(c1C#N)CCCC2)c1ccc(F)cc1F. The molecule has 0 radical (unpaired) electrons. The van der Waals surface area contributed by atoms with Crippen LogP contribution in [-0.2, 0) is 17.6 Å². The molecule has 7 heteroatoms. The molecule has 0 saturated carbocycles. The van der Waals surface area contributed by atoms with Gasteiger partial charge in [0.1, 0.15) is 22.7 Å². The molecule has 2 N–H and O–H groups in total. The van der Waals surface area contributed by atoms with Crippen LogP contribution >= 0.6 is 11.3 Å². The fraction of sp³-hybridized carbons (Fsp3) is 0.368. The Labute approximate surface area is 154 Å². The minimum atomic E-state index is -0.650. The van der Waals surface area contributed by atoms with Crippen LogP contribution < -0.4 is 10.6 Å². The molecule has 0 unspecified atom stereocenters. The third kappa shape index (κ3) is 3.92. The van der Waals surface area contributed by atoms with Crippen molar-refractivity contribution in [1.82, 2.24) is 5.32 Å². The Hall–Kier alpha value is -2.30. The molecule has 0 bridgehead atoms. The lowest BCUT2D eigenvalue weighted by molar-refractivity contribution is -0.115. The van der Waals surface area contributed by atoms with Crippen molar-refractivity contribution >= 4 is 22.2 Å². The molecule has 0 fully saturated rings. The lowest BCUT2D eigenvalue weighted by atomic mass is 9.96. The molecule has 1 atom stereocenters. The maximum Gasteiger partial charge on any atom is 0.238 e. The smallest absolute Gasteiger partial charge is 0.238 e. The Kier molecular flexibility index (Phi) is 5.64. The third-order valence-electron chi connectivity index (χ3n) is 4.53. The quantitative estimate of drug-likeness (QED) is 0.828. The van der Waals surface area contributed by atoms with Crippen LogP contribution in [0.2, 0.25) is 0 Å². The number of nitrogens with one attached hydrogen (secondary N) is 2. The number of carbonyl (C=O) groups is 1. The van der Waals surface area contributed by atoms with Gasteiger partial charge in [0.25, 0.3) is 0 Å². The van der Waals surface area contributed by atoms with E-state index < -0.39 is 17.7 Å². The summed E-state index contributed by atoms with van der Waals surface area (Å²) in [5.74, 6) is -1.58. The van der Waals surface area contributed by atoms with E-state index in [1.165, 1.54) is 28.3 Å². The van der Waals surface area contributed by atoms with Crippen molar-refractivity contribution in [2.45, 2.75) is 38.6 Å². The summed E-state index contributed by atoms with van der Waals surface area (Å²) < 4.78 is 26.8. The van der Waals surface area contributed by atoms with Gasteiger partial charge >= 0.3 is 0 Å². The summed E-state index contributed by atoms with van der Waals surface area (Å²) in [4.78, 5) is 13.4. The molecular formula is C19H19F2N3OS. The second-order valence-corrected chi connectivity index (χ2v) is 7.45. The number of aryl methyl sites for hydroxylation is 1. The van der Waals surface area contributed by atoms with Crippen LogP contribution in [0.15, 0.2) is 18.2 Å². The molecule has 1 heterocycles. The monoisotopic (exact) mass is 375 g/mol. The number of nitriles is 1. The fourth-order valence-corrected chi connectivity index (χ4v) is 4.41. The fourth-order valence-electron chi connectivity index (χ4n) is 3.15. The minimum absolute atomic E-state index is 0.0363. The van der Waals surface area contributed by atoms with E-state index in [1.807, 2.05) is 0 Å². The van der Waals surface area contributed by atoms with E-state index in [0.717, 1.165) is 37.3 Å². The van der Waals surface area contributed by atoms with Crippen molar-refractivity contribution in [2.24, 2.45) is 0 Å². The first kappa shape index (κ1) is 18.5. The van der Waals surface area contributed by atoms with Gasteiger partial charge in [-0.1, -0.05) is 6.07 Å². The first-order valence-corrected chi connectivity index (χ1v) is 9.34. The molecule has 1 aliphatic carbocycles. The maximum absolute atomic E-state index is 13.8. The number of amides is 1. The van der Waals surface area contributed by atoms with Crippen molar-refractivity contribution < 1.29 is 13.6 Å². The topological polar surface area (TPSA) is 64.9 Å². The van der Waals surface area contributed by atoms with E-state index in [4.69, 9.17) is 0 Å². The molecule has 0 spiro atoms. The lowest BCUT2D eigenvalue weighted by Gasteiger charge is -2.15. The molecule has 2 aromatic rings. The Morgan fingerprint density at radius 2 is 2.12 bits per heavy atom. The first-order chi connectivity index (χ1) is 12.5. The van der Waals surface area contributed by atoms with E-state index in [0.29, 0.717) is 16.1 Å². The zero-order valence-corrected chi connectivity index (χ0v) is 15.2. The molecule has 0 aliphatic heterocycles. The summed E-state index contributed by atoms with van der Waals surface area (Å²) in [5, 5.41) is 15.7. The number of halogens is 2. The van der Waals surface area contributed by atoms with Crippen LogP contribution in [0.5, 0.6) is 0 Å². The number of nitrogens with zero attached hydrogens (tertiary/aromatic N) is 1. The zero-order valence-electron chi connectivity index (χ0n) is 14.4. The van der Waals surface area contributed by atoms with Gasteiger partial charge in [0, 0.05) is 22.5 Å². The highest BCUT2D eigenvalue weighted by Gasteiger charge is 2.22. The van der Waals surface area contributed by atoms with Crippen LogP contribution in [0.3, 0.4) is 0 Å². The summed E-state index contributed by atoms with van der Waals surface area (Å²) in [6, 6.07) is 5.12. The average molecular weight is 375 g/mol. The van der Waals surface area contributed by atoms with Crippen LogP contribution in [-0.4, -0.2) is 12.5 Å². The first-order valence-electron chi connectivity index (χ1n) is 8.52. The highest BCUT2D eigenvalue weighted by atomic mass is 32.1. The predicted octanol–water partition coefficient (Wildman–Crippen LogP) is 4.07. The standard InChI is InChI=1S/C19H19F2N3OS/c1-11(13-7-6-12(20)8-16(13)21)23-10-18(25)24-19-15(9-22)14-4-2-3-5-17(14)26-19/h6-8,11,23H,2-5,10H2,1H3,(H,24,25)/t11-/m1/s1. The lowest BCUT2D eigenvalue weighted by Crippen LogP contribution is -2.30. The summed E-state index contributed by atoms with van der Waals surface area (Å²) >= 11 is 1.47. The second kappa shape index (κ2) is 7.94. The highest BCUT2D eigenvalue weighted by molar-refractivity contribution is 7.16. The van der Waals surface area contributed by atoms with Gasteiger partial charge in [0.05, 0.1) is 12.1 Å². The number of anilines is 1. The second-order valence-electron chi connectivity index (χ2n) is 6.34. The van der Waals surface area contributed by atoms with Crippen LogP contribution in [0.4, 0.5) is 13.8 Å². The Balaban J connectivity index is 1.63. The molecular weight excluding hydrogens is 356 g/mol. The normalized spacial score (nSPS) is 14.4. The number of rotatable bonds is 5. The molecule has 1 aliphatic rings. The Morgan fingerprint density at radius 3 is 2.85 bits per heavy atom. The largest absolute Gasteiger partial charge is 0.315 e. The highest BCUT2D eigenvalue weighted by Crippen LogP contribution is 2.37. The molecule has 3 rings (SSSR count). The van der Waals surface area contributed by atoms with E-state index in [1.54, 1.807) is 6.92 Å². The van der Waals surface area contributed by atoms with Crippen LogP contribution in [0.25, 0.3) is 0 Å². The summed E-state index contributed by atoms with van der Waals surface area (Å²) in [6.07, 6.45) is 4.00. The van der Waals surface area contributed by atoms with Gasteiger partial charge < -0.3 is 10.6 Å². The number of thiophene rings is 1. The number of hydrogen-bond donors (Lipinski definition) is 2. The van der Waals surface area contributed by atoms with Gasteiger partial charge in [0.15, 0.2) is 0 Å². The van der Waals surface area contributed by atoms with Crippen molar-refractivity contribution in [3.8, 4) is 6.07 Å². The zero-order chi connectivity index (χ0) is 18.7. The Bertz CT molecular complexity index is 872. The summed E-state index contributed by atoms with van der Waals surface area (Å²) in [7, 11) is 0. The van der Waals surface area contributed by atoms with Gasteiger partial charge in [-0.05, 0) is 44.2 Å².